The van der Waals surface area contributed by atoms with Gasteiger partial charge in [0.15, 0.2) is 12.2 Å². The van der Waals surface area contributed by atoms with E-state index in [0.29, 0.717) is 31.6 Å². The molecular formula is C82H160O17P2. The lowest BCUT2D eigenvalue weighted by Gasteiger charge is -2.21. The molecule has 0 aromatic carbocycles. The molecule has 0 radical (unpaired) electrons. The van der Waals surface area contributed by atoms with Gasteiger partial charge in [0.1, 0.15) is 19.3 Å². The summed E-state index contributed by atoms with van der Waals surface area (Å²) >= 11 is 0. The summed E-state index contributed by atoms with van der Waals surface area (Å²) in [6, 6.07) is 0. The molecule has 0 bridgehead atoms. The third kappa shape index (κ3) is 76.1. The number of carbonyl (C=O) groups excluding carboxylic acids is 4. The summed E-state index contributed by atoms with van der Waals surface area (Å²) < 4.78 is 68.7. The van der Waals surface area contributed by atoms with E-state index in [0.717, 1.165) is 114 Å². The van der Waals surface area contributed by atoms with Crippen LogP contribution in [0.15, 0.2) is 0 Å². The SMILES string of the molecule is CC(C)CCCCCCCCCCCCCCCCCCCCC(=O)O[C@H](COC(=O)CCCCCCCCCC(C)C)COP(=O)(O)OCC(O)COP(=O)(O)OC[C@@H](COC(=O)CCCCCCCCCCCC(C)C)OC(=O)CCCCCCCCCCCCCCCCCC(C)C. The van der Waals surface area contributed by atoms with Gasteiger partial charge in [0, 0.05) is 25.7 Å². The van der Waals surface area contributed by atoms with Gasteiger partial charge in [0.2, 0.25) is 0 Å². The normalized spacial score (nSPS) is 14.0. The number of esters is 4. The molecule has 101 heavy (non-hydrogen) atoms. The van der Waals surface area contributed by atoms with Gasteiger partial charge in [0.05, 0.1) is 26.4 Å². The first-order valence-corrected chi connectivity index (χ1v) is 45.2. The summed E-state index contributed by atoms with van der Waals surface area (Å²) in [5.41, 5.74) is 0. The third-order valence-corrected chi connectivity index (χ3v) is 21.0. The molecule has 19 heteroatoms. The second-order valence-corrected chi connectivity index (χ2v) is 34.3. The monoisotopic (exact) mass is 1480 g/mol. The van der Waals surface area contributed by atoms with Crippen LogP contribution in [0.4, 0.5) is 0 Å². The molecule has 17 nitrogen and oxygen atoms in total. The second-order valence-electron chi connectivity index (χ2n) is 31.4. The van der Waals surface area contributed by atoms with Crippen molar-refractivity contribution in [2.45, 2.75) is 440 Å². The average Bonchev–Trinajstić information content (AvgIpc) is 0.931. The van der Waals surface area contributed by atoms with E-state index in [1.54, 1.807) is 0 Å². The minimum Gasteiger partial charge on any atom is -0.462 e. The summed E-state index contributed by atoms with van der Waals surface area (Å²) in [4.78, 5) is 73.0. The molecule has 3 unspecified atom stereocenters. The van der Waals surface area contributed by atoms with Gasteiger partial charge in [-0.15, -0.1) is 0 Å². The van der Waals surface area contributed by atoms with Crippen molar-refractivity contribution in [1.82, 2.24) is 0 Å². The summed E-state index contributed by atoms with van der Waals surface area (Å²) in [5, 5.41) is 10.6. The molecule has 0 saturated carbocycles. The fourth-order valence-corrected chi connectivity index (χ4v) is 14.2. The van der Waals surface area contributed by atoms with Gasteiger partial charge in [-0.05, 0) is 49.4 Å². The number of carbonyl (C=O) groups is 4. The lowest BCUT2D eigenvalue weighted by Crippen LogP contribution is -2.30. The zero-order valence-corrected chi connectivity index (χ0v) is 68.3. The number of phosphoric ester groups is 2. The van der Waals surface area contributed by atoms with Crippen molar-refractivity contribution in [1.29, 1.82) is 0 Å². The van der Waals surface area contributed by atoms with E-state index >= 15 is 0 Å². The minimum absolute atomic E-state index is 0.107. The number of hydrogen-bond acceptors (Lipinski definition) is 15. The Balaban J connectivity index is 5.19. The second kappa shape index (κ2) is 71.0. The molecule has 0 amide bonds. The van der Waals surface area contributed by atoms with E-state index in [2.05, 4.69) is 55.4 Å². The molecule has 0 spiro atoms. The van der Waals surface area contributed by atoms with Crippen molar-refractivity contribution >= 4 is 39.5 Å². The maximum Gasteiger partial charge on any atom is 0.472 e. The van der Waals surface area contributed by atoms with Crippen LogP contribution in [0, 0.1) is 23.7 Å². The highest BCUT2D eigenvalue weighted by molar-refractivity contribution is 7.47. The first-order valence-electron chi connectivity index (χ1n) is 42.2. The number of ether oxygens (including phenoxy) is 4. The Labute approximate surface area is 619 Å². The lowest BCUT2D eigenvalue weighted by atomic mass is 10.0. The van der Waals surface area contributed by atoms with Crippen molar-refractivity contribution in [2.75, 3.05) is 39.6 Å². The lowest BCUT2D eigenvalue weighted by molar-refractivity contribution is -0.161. The number of unbranched alkanes of at least 4 members (excludes halogenated alkanes) is 45. The molecule has 0 aromatic heterocycles. The van der Waals surface area contributed by atoms with Gasteiger partial charge in [0.25, 0.3) is 0 Å². The number of phosphoric acid groups is 2. The van der Waals surface area contributed by atoms with E-state index < -0.39 is 97.5 Å². The molecule has 3 N–H and O–H groups in total. The van der Waals surface area contributed by atoms with Crippen molar-refractivity contribution < 1.29 is 80.2 Å². The van der Waals surface area contributed by atoms with Crippen LogP contribution in [0.25, 0.3) is 0 Å². The maximum atomic E-state index is 13.1. The fraction of sp³-hybridized carbons (Fsp3) is 0.951. The summed E-state index contributed by atoms with van der Waals surface area (Å²) in [6.07, 6.45) is 58.5. The van der Waals surface area contributed by atoms with Gasteiger partial charge < -0.3 is 33.8 Å². The third-order valence-electron chi connectivity index (χ3n) is 19.1. The molecular weight excluding hydrogens is 1320 g/mol. The molecule has 0 rings (SSSR count). The molecule has 600 valence electrons. The Morgan fingerprint density at radius 3 is 0.614 bits per heavy atom. The van der Waals surface area contributed by atoms with Crippen molar-refractivity contribution in [2.24, 2.45) is 23.7 Å². The van der Waals surface area contributed by atoms with Gasteiger partial charge >= 0.3 is 39.5 Å². The molecule has 0 aliphatic rings. The van der Waals surface area contributed by atoms with E-state index in [4.69, 9.17) is 37.0 Å². The fourth-order valence-electron chi connectivity index (χ4n) is 12.6. The van der Waals surface area contributed by atoms with Crippen LogP contribution in [0.2, 0.25) is 0 Å². The highest BCUT2D eigenvalue weighted by Gasteiger charge is 2.30. The predicted octanol–water partition coefficient (Wildman–Crippen LogP) is 24.4. The minimum atomic E-state index is -4.96. The van der Waals surface area contributed by atoms with Crippen molar-refractivity contribution in [3.63, 3.8) is 0 Å². The summed E-state index contributed by atoms with van der Waals surface area (Å²) in [7, 11) is -9.92. The molecule has 0 heterocycles. The highest BCUT2D eigenvalue weighted by atomic mass is 31.2. The van der Waals surface area contributed by atoms with Gasteiger partial charge in [-0.1, -0.05) is 370 Å². The smallest absolute Gasteiger partial charge is 0.462 e. The van der Waals surface area contributed by atoms with Crippen LogP contribution < -0.4 is 0 Å². The highest BCUT2D eigenvalue weighted by Crippen LogP contribution is 2.45. The van der Waals surface area contributed by atoms with E-state index in [9.17, 15) is 43.2 Å². The molecule has 0 aromatic rings. The first-order chi connectivity index (χ1) is 48.6. The number of aliphatic hydroxyl groups excluding tert-OH is 1. The van der Waals surface area contributed by atoms with Crippen LogP contribution in [-0.4, -0.2) is 96.7 Å². The van der Waals surface area contributed by atoms with Crippen LogP contribution in [0.3, 0.4) is 0 Å². The van der Waals surface area contributed by atoms with E-state index in [1.165, 1.54) is 218 Å². The topological polar surface area (TPSA) is 237 Å². The van der Waals surface area contributed by atoms with Crippen molar-refractivity contribution in [3.8, 4) is 0 Å². The Bertz CT molecular complexity index is 1970. The number of hydrogen-bond donors (Lipinski definition) is 3. The molecule has 0 saturated heterocycles. The molecule has 5 atom stereocenters. The first kappa shape index (κ1) is 99.1. The van der Waals surface area contributed by atoms with Crippen LogP contribution in [0.5, 0.6) is 0 Å². The van der Waals surface area contributed by atoms with Gasteiger partial charge in [-0.2, -0.15) is 0 Å². The van der Waals surface area contributed by atoms with Crippen molar-refractivity contribution in [3.05, 3.63) is 0 Å². The van der Waals surface area contributed by atoms with Crippen LogP contribution >= 0.6 is 15.6 Å². The summed E-state index contributed by atoms with van der Waals surface area (Å²) in [5.74, 6) is 0.957. The maximum absolute atomic E-state index is 13.1. The Hall–Kier alpha value is -1.94. The summed E-state index contributed by atoms with van der Waals surface area (Å²) in [6.45, 7) is 14.2. The average molecular weight is 1480 g/mol. The quantitative estimate of drug-likeness (QED) is 0.0222. The number of rotatable bonds is 79. The zero-order chi connectivity index (χ0) is 74.6. The van der Waals surface area contributed by atoms with Gasteiger partial charge in [-0.25, -0.2) is 9.13 Å². The molecule has 0 aliphatic carbocycles. The Kier molecular flexibility index (Phi) is 69.6. The predicted molar refractivity (Wildman–Crippen MR) is 414 cm³/mol. The van der Waals surface area contributed by atoms with E-state index in [1.807, 2.05) is 0 Å². The van der Waals surface area contributed by atoms with E-state index in [-0.39, 0.29) is 25.7 Å². The molecule has 0 fully saturated rings. The largest absolute Gasteiger partial charge is 0.472 e. The zero-order valence-electron chi connectivity index (χ0n) is 66.5. The number of aliphatic hydroxyl groups is 1. The Morgan fingerprint density at radius 1 is 0.248 bits per heavy atom. The van der Waals surface area contributed by atoms with Crippen LogP contribution in [-0.2, 0) is 65.4 Å². The van der Waals surface area contributed by atoms with Gasteiger partial charge in [-0.3, -0.25) is 37.3 Å². The molecule has 0 aliphatic heterocycles. The van der Waals surface area contributed by atoms with Crippen LogP contribution in [0.1, 0.15) is 421 Å². The Morgan fingerprint density at radius 2 is 0.416 bits per heavy atom. The standard InChI is InChI=1S/C82H160O17P2/c1-72(2)58-50-42-34-27-22-18-14-11-9-10-12-16-20-24-30-39-48-56-65-82(87)99-78(69-93-80(85)63-55-47-41-33-37-45-53-61-75(7)8)71-97-101(90,91)95-67-76(83)66-94-100(88,89)96-70-77(68-92-79(84)62-54-46-38-32-26-29-36-44-52-60-74(5)6)98-81(86)64-57-49-40-31-25-21-17-13-15-19-23-28-35-43-51-59-73(3)4/h72-78,83H,9-71H2,1-8H3,(H,88,89)(H,90,91)/t76?,77-,78-/m1/s1.